The average molecular weight is 295 g/mol. The summed E-state index contributed by atoms with van der Waals surface area (Å²) >= 11 is 0. The zero-order valence-electron chi connectivity index (χ0n) is 12.9. The van der Waals surface area contributed by atoms with Gasteiger partial charge in [0.1, 0.15) is 11.5 Å². The summed E-state index contributed by atoms with van der Waals surface area (Å²) in [6.45, 7) is 8.45. The van der Waals surface area contributed by atoms with Gasteiger partial charge >= 0.3 is 0 Å². The van der Waals surface area contributed by atoms with Gasteiger partial charge in [0.05, 0.1) is 11.0 Å². The average Bonchev–Trinajstić information content (AvgIpc) is 2.27. The number of nitrogens with one attached hydrogen (secondary N) is 2. The summed E-state index contributed by atoms with van der Waals surface area (Å²) in [5, 5.41) is 17.8. The molecule has 2 rings (SSSR count). The maximum atomic E-state index is 13.2. The summed E-state index contributed by atoms with van der Waals surface area (Å²) in [6, 6.07) is 3.74. The SMILES string of the molecule is CC1(C)CC(Nc2ccc(F)cc2[N+](=O)[O-])CC(C)(C)N1. The van der Waals surface area contributed by atoms with Crippen LogP contribution in [0.3, 0.4) is 0 Å². The zero-order chi connectivity index (χ0) is 15.8. The van der Waals surface area contributed by atoms with E-state index in [0.29, 0.717) is 5.69 Å². The van der Waals surface area contributed by atoms with Crippen LogP contribution in [0.4, 0.5) is 15.8 Å². The van der Waals surface area contributed by atoms with Gasteiger partial charge in [0.25, 0.3) is 5.69 Å². The minimum Gasteiger partial charge on any atom is -0.377 e. The second-order valence-electron chi connectivity index (χ2n) is 7.06. The van der Waals surface area contributed by atoms with Crippen molar-refractivity contribution in [1.82, 2.24) is 5.32 Å². The molecule has 6 heteroatoms. The molecule has 2 N–H and O–H groups in total. The van der Waals surface area contributed by atoms with E-state index in [1.807, 2.05) is 0 Å². The van der Waals surface area contributed by atoms with Crippen LogP contribution in [-0.2, 0) is 0 Å². The molecule has 5 nitrogen and oxygen atoms in total. The highest BCUT2D eigenvalue weighted by Crippen LogP contribution is 2.33. The lowest BCUT2D eigenvalue weighted by atomic mass is 9.79. The predicted molar refractivity (Wildman–Crippen MR) is 81.0 cm³/mol. The van der Waals surface area contributed by atoms with Crippen molar-refractivity contribution < 1.29 is 9.31 Å². The Balaban J connectivity index is 2.24. The second-order valence-corrected chi connectivity index (χ2v) is 7.06. The van der Waals surface area contributed by atoms with Gasteiger partial charge in [-0.15, -0.1) is 0 Å². The van der Waals surface area contributed by atoms with Crippen molar-refractivity contribution in [3.63, 3.8) is 0 Å². The minimum atomic E-state index is -0.599. The Hall–Kier alpha value is -1.69. The van der Waals surface area contributed by atoms with Crippen molar-refractivity contribution in [2.45, 2.75) is 57.7 Å². The predicted octanol–water partition coefficient (Wildman–Crippen LogP) is 3.46. The number of halogens is 1. The highest BCUT2D eigenvalue weighted by atomic mass is 19.1. The molecule has 0 aromatic heterocycles. The number of rotatable bonds is 3. The van der Waals surface area contributed by atoms with Crippen LogP contribution in [0.5, 0.6) is 0 Å². The van der Waals surface area contributed by atoms with Crippen LogP contribution in [0.15, 0.2) is 18.2 Å². The first-order chi connectivity index (χ1) is 9.58. The molecule has 0 saturated carbocycles. The summed E-state index contributed by atoms with van der Waals surface area (Å²) in [7, 11) is 0. The summed E-state index contributed by atoms with van der Waals surface area (Å²) in [5.74, 6) is -0.599. The van der Waals surface area contributed by atoms with Crippen molar-refractivity contribution in [1.29, 1.82) is 0 Å². The second kappa shape index (κ2) is 5.26. The number of nitro groups is 1. The number of anilines is 1. The molecule has 0 spiro atoms. The third-order valence-electron chi connectivity index (χ3n) is 3.71. The Labute approximate surface area is 124 Å². The number of benzene rings is 1. The van der Waals surface area contributed by atoms with Crippen LogP contribution in [0.25, 0.3) is 0 Å². The highest BCUT2D eigenvalue weighted by molar-refractivity contribution is 5.62. The highest BCUT2D eigenvalue weighted by Gasteiger charge is 2.38. The van der Waals surface area contributed by atoms with Crippen LogP contribution in [0, 0.1) is 15.9 Å². The van der Waals surface area contributed by atoms with Crippen LogP contribution >= 0.6 is 0 Å². The Morgan fingerprint density at radius 1 is 1.29 bits per heavy atom. The molecule has 0 unspecified atom stereocenters. The van der Waals surface area contributed by atoms with E-state index in [1.165, 1.54) is 12.1 Å². The summed E-state index contributed by atoms with van der Waals surface area (Å²) in [5.41, 5.74) is 0.0340. The van der Waals surface area contributed by atoms with Gasteiger partial charge in [0, 0.05) is 17.1 Å². The van der Waals surface area contributed by atoms with Gasteiger partial charge in [-0.2, -0.15) is 0 Å². The van der Waals surface area contributed by atoms with Crippen molar-refractivity contribution in [3.8, 4) is 0 Å². The number of nitrogens with zero attached hydrogens (tertiary/aromatic N) is 1. The monoisotopic (exact) mass is 295 g/mol. The maximum Gasteiger partial charge on any atom is 0.295 e. The van der Waals surface area contributed by atoms with Gasteiger partial charge in [0.2, 0.25) is 0 Å². The lowest BCUT2D eigenvalue weighted by Crippen LogP contribution is -2.60. The molecular weight excluding hydrogens is 273 g/mol. The van der Waals surface area contributed by atoms with Gasteiger partial charge < -0.3 is 10.6 Å². The van der Waals surface area contributed by atoms with Gasteiger partial charge in [0.15, 0.2) is 0 Å². The Morgan fingerprint density at radius 2 is 1.86 bits per heavy atom. The molecule has 1 aliphatic rings. The van der Waals surface area contributed by atoms with Crippen molar-refractivity contribution >= 4 is 11.4 Å². The molecule has 1 heterocycles. The van der Waals surface area contributed by atoms with E-state index in [2.05, 4.69) is 38.3 Å². The molecule has 0 radical (unpaired) electrons. The third-order valence-corrected chi connectivity index (χ3v) is 3.71. The summed E-state index contributed by atoms with van der Waals surface area (Å²) in [6.07, 6.45) is 1.68. The molecular formula is C15H22FN3O2. The molecule has 1 fully saturated rings. The molecule has 1 saturated heterocycles. The van der Waals surface area contributed by atoms with Crippen molar-refractivity contribution in [2.24, 2.45) is 0 Å². The number of piperidine rings is 1. The van der Waals surface area contributed by atoms with E-state index >= 15 is 0 Å². The van der Waals surface area contributed by atoms with Gasteiger partial charge in [-0.25, -0.2) is 4.39 Å². The topological polar surface area (TPSA) is 67.2 Å². The standard InChI is InChI=1S/C15H22FN3O2/c1-14(2)8-11(9-15(3,4)18-14)17-12-6-5-10(16)7-13(12)19(20)21/h5-7,11,17-18H,8-9H2,1-4H3. The van der Waals surface area contributed by atoms with E-state index < -0.39 is 10.7 Å². The quantitative estimate of drug-likeness (QED) is 0.662. The van der Waals surface area contributed by atoms with Crippen LogP contribution in [0.1, 0.15) is 40.5 Å². The summed E-state index contributed by atoms with van der Waals surface area (Å²) < 4.78 is 13.2. The lowest BCUT2D eigenvalue weighted by Gasteiger charge is -2.46. The molecule has 0 bridgehead atoms. The molecule has 0 aliphatic carbocycles. The van der Waals surface area contributed by atoms with Gasteiger partial charge in [-0.1, -0.05) is 0 Å². The van der Waals surface area contributed by atoms with E-state index in [0.717, 1.165) is 18.9 Å². The maximum absolute atomic E-state index is 13.2. The first kappa shape index (κ1) is 15.7. The molecule has 21 heavy (non-hydrogen) atoms. The van der Waals surface area contributed by atoms with Gasteiger partial charge in [-0.3, -0.25) is 10.1 Å². The molecule has 0 atom stereocenters. The number of nitro benzene ring substituents is 1. The zero-order valence-corrected chi connectivity index (χ0v) is 12.9. The molecule has 1 aromatic carbocycles. The molecule has 1 aliphatic heterocycles. The van der Waals surface area contributed by atoms with Crippen LogP contribution in [-0.4, -0.2) is 22.0 Å². The number of hydrogen-bond acceptors (Lipinski definition) is 4. The Morgan fingerprint density at radius 3 is 2.38 bits per heavy atom. The van der Waals surface area contributed by atoms with Crippen molar-refractivity contribution in [2.75, 3.05) is 5.32 Å². The number of hydrogen-bond donors (Lipinski definition) is 2. The molecule has 1 aromatic rings. The van der Waals surface area contributed by atoms with E-state index in [4.69, 9.17) is 0 Å². The van der Waals surface area contributed by atoms with Crippen LogP contribution < -0.4 is 10.6 Å². The van der Waals surface area contributed by atoms with Crippen molar-refractivity contribution in [3.05, 3.63) is 34.1 Å². The molecule has 116 valence electrons. The van der Waals surface area contributed by atoms with E-state index in [9.17, 15) is 14.5 Å². The fourth-order valence-corrected chi connectivity index (χ4v) is 3.42. The Kier molecular flexibility index (Phi) is 3.93. The largest absolute Gasteiger partial charge is 0.377 e. The smallest absolute Gasteiger partial charge is 0.295 e. The molecule has 0 amide bonds. The fraction of sp³-hybridized carbons (Fsp3) is 0.600. The normalized spacial score (nSPS) is 21.0. The Bertz CT molecular complexity index is 542. The van der Waals surface area contributed by atoms with E-state index in [-0.39, 0.29) is 22.8 Å². The fourth-order valence-electron chi connectivity index (χ4n) is 3.42. The minimum absolute atomic E-state index is 0.0613. The lowest BCUT2D eigenvalue weighted by molar-refractivity contribution is -0.384. The first-order valence-corrected chi connectivity index (χ1v) is 7.08. The third kappa shape index (κ3) is 3.91. The first-order valence-electron chi connectivity index (χ1n) is 7.08. The van der Waals surface area contributed by atoms with E-state index in [1.54, 1.807) is 0 Å². The van der Waals surface area contributed by atoms with Gasteiger partial charge in [-0.05, 0) is 52.7 Å². The van der Waals surface area contributed by atoms with Crippen LogP contribution in [0.2, 0.25) is 0 Å². The summed E-state index contributed by atoms with van der Waals surface area (Å²) in [4.78, 5) is 10.5.